The molecule has 0 amide bonds. The molecule has 0 spiro atoms. The lowest BCUT2D eigenvalue weighted by Gasteiger charge is -2.17. The molecule has 142 valence electrons. The number of fused-ring (bicyclic) bond motifs is 1. The average Bonchev–Trinajstić information content (AvgIpc) is 2.98. The van der Waals surface area contributed by atoms with Crippen LogP contribution in [0.1, 0.15) is 30.1 Å². The van der Waals surface area contributed by atoms with E-state index in [9.17, 15) is 4.79 Å². The first-order valence-electron chi connectivity index (χ1n) is 8.69. The van der Waals surface area contributed by atoms with E-state index in [0.29, 0.717) is 29.5 Å². The number of hydrogen-bond acceptors (Lipinski definition) is 7. The van der Waals surface area contributed by atoms with E-state index in [1.165, 1.54) is 11.3 Å². The Morgan fingerprint density at radius 2 is 2.19 bits per heavy atom. The highest BCUT2D eigenvalue weighted by Crippen LogP contribution is 2.21. The highest BCUT2D eigenvalue weighted by Gasteiger charge is 2.16. The van der Waals surface area contributed by atoms with Crippen molar-refractivity contribution in [1.82, 2.24) is 14.4 Å². The molecule has 0 fully saturated rings. The second-order valence-electron chi connectivity index (χ2n) is 6.18. The van der Waals surface area contributed by atoms with Crippen molar-refractivity contribution in [3.05, 3.63) is 51.0 Å². The zero-order valence-corrected chi connectivity index (χ0v) is 17.0. The number of aliphatic imine (C=N–C) groups is 1. The lowest BCUT2D eigenvalue weighted by atomic mass is 10.2. The van der Waals surface area contributed by atoms with Gasteiger partial charge in [0.15, 0.2) is 4.96 Å². The molecule has 0 aliphatic heterocycles. The Morgan fingerprint density at radius 3 is 2.81 bits per heavy atom. The van der Waals surface area contributed by atoms with Gasteiger partial charge in [0, 0.05) is 24.5 Å². The van der Waals surface area contributed by atoms with Crippen LogP contribution in [0.3, 0.4) is 0 Å². The van der Waals surface area contributed by atoms with Crippen molar-refractivity contribution < 1.29 is 4.74 Å². The Kier molecular flexibility index (Phi) is 5.55. The molecule has 8 heteroatoms. The van der Waals surface area contributed by atoms with Crippen LogP contribution in [-0.4, -0.2) is 40.8 Å². The third-order valence-corrected chi connectivity index (χ3v) is 5.18. The first-order valence-corrected chi connectivity index (χ1v) is 9.51. The molecule has 0 N–H and O–H groups in total. The molecule has 27 heavy (non-hydrogen) atoms. The van der Waals surface area contributed by atoms with Crippen LogP contribution in [0.15, 0.2) is 34.2 Å². The minimum absolute atomic E-state index is 0.0870. The van der Waals surface area contributed by atoms with Crippen molar-refractivity contribution in [2.75, 3.05) is 25.6 Å². The summed E-state index contributed by atoms with van der Waals surface area (Å²) in [6.07, 6.45) is 1.67. The fourth-order valence-corrected chi connectivity index (χ4v) is 4.02. The molecule has 3 aromatic rings. The molecule has 0 aliphatic rings. The van der Waals surface area contributed by atoms with Gasteiger partial charge < -0.3 is 9.64 Å². The summed E-state index contributed by atoms with van der Waals surface area (Å²) in [6.45, 7) is 7.08. The predicted molar refractivity (Wildman–Crippen MR) is 110 cm³/mol. The summed E-state index contributed by atoms with van der Waals surface area (Å²) in [5.41, 5.74) is 2.33. The number of hydrogen-bond donors (Lipinski definition) is 0. The van der Waals surface area contributed by atoms with Gasteiger partial charge in [-0.25, -0.2) is 14.4 Å². The molecule has 0 aliphatic carbocycles. The molecule has 0 atom stereocenters. The second-order valence-corrected chi connectivity index (χ2v) is 7.36. The van der Waals surface area contributed by atoms with E-state index in [1.54, 1.807) is 23.8 Å². The van der Waals surface area contributed by atoms with Crippen LogP contribution in [0.5, 0.6) is 5.75 Å². The van der Waals surface area contributed by atoms with Gasteiger partial charge in [0.05, 0.1) is 37.0 Å². The van der Waals surface area contributed by atoms with Crippen LogP contribution in [0.4, 0.5) is 5.82 Å². The van der Waals surface area contributed by atoms with Gasteiger partial charge in [-0.05, 0) is 32.9 Å². The van der Waals surface area contributed by atoms with E-state index in [4.69, 9.17) is 9.72 Å². The Morgan fingerprint density at radius 1 is 1.41 bits per heavy atom. The maximum atomic E-state index is 12.8. The summed E-state index contributed by atoms with van der Waals surface area (Å²) in [7, 11) is 3.53. The molecule has 0 saturated heterocycles. The minimum Gasteiger partial charge on any atom is -0.495 e. The number of thiazole rings is 1. The molecule has 3 heterocycles. The van der Waals surface area contributed by atoms with Gasteiger partial charge in [-0.15, -0.1) is 11.3 Å². The van der Waals surface area contributed by atoms with Gasteiger partial charge in [0.2, 0.25) is 0 Å². The molecule has 3 aromatic heterocycles. The van der Waals surface area contributed by atoms with E-state index in [0.717, 1.165) is 22.1 Å². The molecular formula is C19H23N5O2S. The average molecular weight is 385 g/mol. The number of aromatic nitrogens is 3. The highest BCUT2D eigenvalue weighted by atomic mass is 32.1. The summed E-state index contributed by atoms with van der Waals surface area (Å²) in [6, 6.07) is 5.32. The molecule has 0 unspecified atom stereocenters. The van der Waals surface area contributed by atoms with Gasteiger partial charge >= 0.3 is 0 Å². The van der Waals surface area contributed by atoms with Crippen molar-refractivity contribution in [2.24, 2.45) is 4.99 Å². The molecule has 0 saturated carbocycles. The van der Waals surface area contributed by atoms with Crippen molar-refractivity contribution in [2.45, 2.75) is 27.3 Å². The summed E-state index contributed by atoms with van der Waals surface area (Å²) < 4.78 is 6.79. The van der Waals surface area contributed by atoms with Crippen molar-refractivity contribution >= 4 is 27.8 Å². The highest BCUT2D eigenvalue weighted by molar-refractivity contribution is 7.17. The number of methoxy groups -OCH3 is 1. The normalized spacial score (nSPS) is 11.8. The first kappa shape index (κ1) is 19.0. The van der Waals surface area contributed by atoms with E-state index >= 15 is 0 Å². The van der Waals surface area contributed by atoms with Crippen molar-refractivity contribution in [3.8, 4) is 5.75 Å². The molecule has 0 aromatic carbocycles. The van der Waals surface area contributed by atoms with E-state index < -0.39 is 0 Å². The maximum absolute atomic E-state index is 12.8. The Labute approximate surface area is 162 Å². The topological polar surface area (TPSA) is 72.1 Å². The maximum Gasteiger partial charge on any atom is 0.259 e. The third-order valence-electron chi connectivity index (χ3n) is 4.23. The van der Waals surface area contributed by atoms with E-state index in [1.807, 2.05) is 44.9 Å². The SMILES string of the molecule is CCN=C(C)c1c(C)sc2nc(CN(C)c3ccc(OC)cn3)cc(=O)n12. The van der Waals surface area contributed by atoms with Gasteiger partial charge in [-0.3, -0.25) is 9.79 Å². The van der Waals surface area contributed by atoms with Crippen molar-refractivity contribution in [3.63, 3.8) is 0 Å². The quantitative estimate of drug-likeness (QED) is 0.610. The summed E-state index contributed by atoms with van der Waals surface area (Å²) in [5.74, 6) is 1.49. The number of ether oxygens (including phenoxy) is 1. The minimum atomic E-state index is -0.0870. The van der Waals surface area contributed by atoms with Crippen molar-refractivity contribution in [1.29, 1.82) is 0 Å². The summed E-state index contributed by atoms with van der Waals surface area (Å²) in [4.78, 5) is 30.0. The van der Waals surface area contributed by atoms with Crippen LogP contribution >= 0.6 is 11.3 Å². The van der Waals surface area contributed by atoms with Gasteiger partial charge in [-0.2, -0.15) is 0 Å². The Hall–Kier alpha value is -2.74. The van der Waals surface area contributed by atoms with Crippen LogP contribution in [0, 0.1) is 6.92 Å². The van der Waals surface area contributed by atoms with Crippen LogP contribution in [-0.2, 0) is 6.54 Å². The molecule has 7 nitrogen and oxygen atoms in total. The smallest absolute Gasteiger partial charge is 0.259 e. The van der Waals surface area contributed by atoms with Crippen LogP contribution < -0.4 is 15.2 Å². The van der Waals surface area contributed by atoms with Gasteiger partial charge in [0.25, 0.3) is 5.56 Å². The lowest BCUT2D eigenvalue weighted by Crippen LogP contribution is -2.23. The molecular weight excluding hydrogens is 362 g/mol. The van der Waals surface area contributed by atoms with Crippen LogP contribution in [0.25, 0.3) is 4.96 Å². The Balaban J connectivity index is 1.94. The van der Waals surface area contributed by atoms with Gasteiger partial charge in [0.1, 0.15) is 11.6 Å². The lowest BCUT2D eigenvalue weighted by molar-refractivity contribution is 0.413. The van der Waals surface area contributed by atoms with Gasteiger partial charge in [-0.1, -0.05) is 0 Å². The van der Waals surface area contributed by atoms with E-state index in [2.05, 4.69) is 9.98 Å². The fourth-order valence-electron chi connectivity index (χ4n) is 2.98. The second kappa shape index (κ2) is 7.87. The summed E-state index contributed by atoms with van der Waals surface area (Å²) in [5, 5.41) is 0. The number of pyridine rings is 1. The monoisotopic (exact) mass is 385 g/mol. The predicted octanol–water partition coefficient (Wildman–Crippen LogP) is 2.93. The number of aryl methyl sites for hydroxylation is 1. The molecule has 3 rings (SSSR count). The molecule has 0 radical (unpaired) electrons. The number of rotatable bonds is 6. The zero-order chi connectivity index (χ0) is 19.6. The molecule has 0 bridgehead atoms. The van der Waals surface area contributed by atoms with E-state index in [-0.39, 0.29) is 5.56 Å². The fraction of sp³-hybridized carbons (Fsp3) is 0.368. The first-order chi connectivity index (χ1) is 12.9. The zero-order valence-electron chi connectivity index (χ0n) is 16.2. The third kappa shape index (κ3) is 3.85. The largest absolute Gasteiger partial charge is 0.495 e. The number of anilines is 1. The number of nitrogens with zero attached hydrogens (tertiary/aromatic N) is 5. The van der Waals surface area contributed by atoms with Crippen LogP contribution in [0.2, 0.25) is 0 Å². The summed E-state index contributed by atoms with van der Waals surface area (Å²) >= 11 is 1.51. The Bertz CT molecular complexity index is 1040. The standard InChI is InChI=1S/C19H23N5O2S/c1-6-20-12(2)18-13(3)27-19-22-14(9-17(25)24(18)19)11-23(4)16-8-7-15(26-5)10-21-16/h7-10H,6,11H2,1-5H3.